The Morgan fingerprint density at radius 3 is 2.67 bits per heavy atom. The van der Waals surface area contributed by atoms with Crippen LogP contribution in [0.2, 0.25) is 0 Å². The maximum absolute atomic E-state index is 12.2. The van der Waals surface area contributed by atoms with E-state index in [9.17, 15) is 4.79 Å². The van der Waals surface area contributed by atoms with Gasteiger partial charge in [-0.2, -0.15) is 0 Å². The molecule has 0 bridgehead atoms. The quantitative estimate of drug-likeness (QED) is 0.634. The summed E-state index contributed by atoms with van der Waals surface area (Å²) in [5.74, 6) is 0.854. The number of methoxy groups -OCH3 is 1. The second-order valence-electron chi connectivity index (χ2n) is 6.41. The summed E-state index contributed by atoms with van der Waals surface area (Å²) < 4.78 is 5.22. The molecule has 0 fully saturated rings. The number of nitrogens with one attached hydrogen (secondary N) is 1. The normalized spacial score (nSPS) is 10.6. The summed E-state index contributed by atoms with van der Waals surface area (Å²) in [4.78, 5) is 18.0. The fourth-order valence-electron chi connectivity index (χ4n) is 2.86. The van der Waals surface area contributed by atoms with Crippen molar-refractivity contribution in [3.05, 3.63) is 81.3 Å². The monoisotopic (exact) mass is 380 g/mol. The zero-order valence-corrected chi connectivity index (χ0v) is 16.5. The Balaban J connectivity index is 1.49. The largest absolute Gasteiger partial charge is 0.497 e. The number of thiazole rings is 1. The van der Waals surface area contributed by atoms with Crippen molar-refractivity contribution >= 4 is 17.2 Å². The lowest BCUT2D eigenvalue weighted by atomic mass is 10.1. The van der Waals surface area contributed by atoms with E-state index in [1.54, 1.807) is 18.4 Å². The molecule has 0 atom stereocenters. The van der Waals surface area contributed by atoms with E-state index in [0.717, 1.165) is 28.4 Å². The first-order valence-electron chi connectivity index (χ1n) is 9.03. The summed E-state index contributed by atoms with van der Waals surface area (Å²) >= 11 is 1.67. The van der Waals surface area contributed by atoms with E-state index in [1.807, 2.05) is 37.3 Å². The number of carbonyl (C=O) groups excluding carboxylic acids is 1. The summed E-state index contributed by atoms with van der Waals surface area (Å²) in [6.45, 7) is 2.51. The number of aromatic nitrogens is 1. The van der Waals surface area contributed by atoms with E-state index < -0.39 is 0 Å². The minimum atomic E-state index is 0.0373. The van der Waals surface area contributed by atoms with E-state index in [4.69, 9.17) is 4.74 Å². The molecule has 0 aliphatic heterocycles. The Morgan fingerprint density at radius 1 is 1.11 bits per heavy atom. The molecule has 0 aliphatic rings. The molecule has 1 heterocycles. The average Bonchev–Trinajstić information content (AvgIpc) is 3.05. The molecule has 3 rings (SSSR count). The Kier molecular flexibility index (Phi) is 6.60. The average molecular weight is 381 g/mol. The lowest BCUT2D eigenvalue weighted by Crippen LogP contribution is -2.22. The zero-order valence-electron chi connectivity index (χ0n) is 15.7. The fourth-order valence-corrected chi connectivity index (χ4v) is 3.90. The Labute approximate surface area is 164 Å². The van der Waals surface area contributed by atoms with Gasteiger partial charge < -0.3 is 10.1 Å². The van der Waals surface area contributed by atoms with Crippen LogP contribution >= 0.6 is 11.3 Å². The van der Waals surface area contributed by atoms with E-state index in [2.05, 4.69) is 34.6 Å². The first-order valence-corrected chi connectivity index (χ1v) is 9.84. The number of rotatable bonds is 8. The number of aryl methyl sites for hydroxylation is 2. The summed E-state index contributed by atoms with van der Waals surface area (Å²) in [5, 5.41) is 3.93. The van der Waals surface area contributed by atoms with Crippen molar-refractivity contribution in [3.63, 3.8) is 0 Å². The third-order valence-corrected chi connectivity index (χ3v) is 5.51. The highest BCUT2D eigenvalue weighted by Crippen LogP contribution is 2.21. The zero-order chi connectivity index (χ0) is 19.1. The summed E-state index contributed by atoms with van der Waals surface area (Å²) in [6.07, 6.45) is 2.03. The van der Waals surface area contributed by atoms with Gasteiger partial charge in [0.2, 0.25) is 5.91 Å². The summed E-state index contributed by atoms with van der Waals surface area (Å²) in [6, 6.07) is 18.2. The molecule has 2 aromatic carbocycles. The number of amides is 1. The Bertz CT molecular complexity index is 890. The van der Waals surface area contributed by atoms with E-state index in [1.165, 1.54) is 10.4 Å². The maximum atomic E-state index is 12.2. The topological polar surface area (TPSA) is 51.2 Å². The van der Waals surface area contributed by atoms with Crippen molar-refractivity contribution in [1.29, 1.82) is 0 Å². The van der Waals surface area contributed by atoms with Crippen molar-refractivity contribution in [2.24, 2.45) is 0 Å². The van der Waals surface area contributed by atoms with Crippen LogP contribution in [0.4, 0.5) is 0 Å². The van der Waals surface area contributed by atoms with Gasteiger partial charge in [-0.3, -0.25) is 4.79 Å². The molecule has 27 heavy (non-hydrogen) atoms. The van der Waals surface area contributed by atoms with Gasteiger partial charge in [0, 0.05) is 17.7 Å². The minimum Gasteiger partial charge on any atom is -0.497 e. The fraction of sp³-hybridized carbons (Fsp3) is 0.273. The first kappa shape index (κ1) is 19.1. The first-order chi connectivity index (χ1) is 13.1. The molecule has 1 aromatic heterocycles. The minimum absolute atomic E-state index is 0.0373. The van der Waals surface area contributed by atoms with Crippen LogP contribution in [-0.2, 0) is 24.2 Å². The second-order valence-corrected chi connectivity index (χ2v) is 7.57. The maximum Gasteiger partial charge on any atom is 0.220 e. The highest BCUT2D eigenvalue weighted by atomic mass is 32.1. The molecule has 0 saturated heterocycles. The van der Waals surface area contributed by atoms with Gasteiger partial charge in [-0.25, -0.2) is 4.98 Å². The van der Waals surface area contributed by atoms with E-state index in [-0.39, 0.29) is 5.91 Å². The number of hydrogen-bond acceptors (Lipinski definition) is 4. The number of carbonyl (C=O) groups is 1. The molecular formula is C22H24N2O2S. The van der Waals surface area contributed by atoms with Crippen molar-refractivity contribution in [1.82, 2.24) is 10.3 Å². The molecule has 4 nitrogen and oxygen atoms in total. The van der Waals surface area contributed by atoms with E-state index >= 15 is 0 Å². The number of benzene rings is 2. The SMILES string of the molecule is COc1cccc(CCC(=O)NCc2nc(C)c(Cc3ccccc3)s2)c1. The molecule has 3 aromatic rings. The lowest BCUT2D eigenvalue weighted by Gasteiger charge is -2.05. The lowest BCUT2D eigenvalue weighted by molar-refractivity contribution is -0.121. The molecule has 140 valence electrons. The third kappa shape index (κ3) is 5.66. The highest BCUT2D eigenvalue weighted by molar-refractivity contribution is 7.11. The van der Waals surface area contributed by atoms with Gasteiger partial charge in [-0.1, -0.05) is 42.5 Å². The number of nitrogens with zero attached hydrogens (tertiary/aromatic N) is 1. The van der Waals surface area contributed by atoms with Crippen LogP contribution in [0, 0.1) is 6.92 Å². The van der Waals surface area contributed by atoms with Crippen LogP contribution in [0.15, 0.2) is 54.6 Å². The predicted molar refractivity (Wildman–Crippen MR) is 109 cm³/mol. The predicted octanol–water partition coefficient (Wildman–Crippen LogP) is 4.30. The standard InChI is InChI=1S/C22H24N2O2S/c1-16-20(14-17-7-4-3-5-8-17)27-22(24-16)15-23-21(25)12-11-18-9-6-10-19(13-18)26-2/h3-10,13H,11-12,14-15H2,1-2H3,(H,23,25). The molecule has 0 radical (unpaired) electrons. The number of ether oxygens (including phenoxy) is 1. The summed E-state index contributed by atoms with van der Waals surface area (Å²) in [7, 11) is 1.65. The molecule has 0 spiro atoms. The van der Waals surface area contributed by atoms with Crippen LogP contribution in [0.1, 0.15) is 33.1 Å². The van der Waals surface area contributed by atoms with Crippen molar-refractivity contribution in [2.45, 2.75) is 32.7 Å². The van der Waals surface area contributed by atoms with Crippen molar-refractivity contribution < 1.29 is 9.53 Å². The third-order valence-electron chi connectivity index (χ3n) is 4.36. The molecule has 5 heteroatoms. The van der Waals surface area contributed by atoms with Gasteiger partial charge in [0.15, 0.2) is 0 Å². The molecule has 1 amide bonds. The molecular weight excluding hydrogens is 356 g/mol. The Morgan fingerprint density at radius 2 is 1.89 bits per heavy atom. The second kappa shape index (κ2) is 9.33. The summed E-state index contributed by atoms with van der Waals surface area (Å²) in [5.41, 5.74) is 3.42. The number of hydrogen-bond donors (Lipinski definition) is 1. The molecule has 0 unspecified atom stereocenters. The van der Waals surface area contributed by atoms with Gasteiger partial charge in [-0.15, -0.1) is 11.3 Å². The smallest absolute Gasteiger partial charge is 0.220 e. The van der Waals surface area contributed by atoms with Gasteiger partial charge >= 0.3 is 0 Å². The Hall–Kier alpha value is -2.66. The van der Waals surface area contributed by atoms with Crippen LogP contribution in [0.3, 0.4) is 0 Å². The van der Waals surface area contributed by atoms with Crippen LogP contribution in [-0.4, -0.2) is 18.0 Å². The van der Waals surface area contributed by atoms with Crippen LogP contribution in [0.5, 0.6) is 5.75 Å². The van der Waals surface area contributed by atoms with Crippen molar-refractivity contribution in [3.8, 4) is 5.75 Å². The van der Waals surface area contributed by atoms with Gasteiger partial charge in [-0.05, 0) is 36.6 Å². The van der Waals surface area contributed by atoms with Gasteiger partial charge in [0.1, 0.15) is 10.8 Å². The molecule has 1 N–H and O–H groups in total. The van der Waals surface area contributed by atoms with Gasteiger partial charge in [0.25, 0.3) is 0 Å². The van der Waals surface area contributed by atoms with Crippen LogP contribution in [0.25, 0.3) is 0 Å². The van der Waals surface area contributed by atoms with Gasteiger partial charge in [0.05, 0.1) is 19.3 Å². The molecule has 0 aliphatic carbocycles. The van der Waals surface area contributed by atoms with Crippen LogP contribution < -0.4 is 10.1 Å². The highest BCUT2D eigenvalue weighted by Gasteiger charge is 2.10. The van der Waals surface area contributed by atoms with E-state index in [0.29, 0.717) is 19.4 Å². The molecule has 0 saturated carbocycles. The van der Waals surface area contributed by atoms with Crippen molar-refractivity contribution in [2.75, 3.05) is 7.11 Å².